The lowest BCUT2D eigenvalue weighted by molar-refractivity contribution is -0.150. The maximum absolute atomic E-state index is 12.9. The molecule has 18 heteroatoms. The third-order valence-corrected chi connectivity index (χ3v) is 9.53. The molecule has 7 N–H and O–H groups in total. The van der Waals surface area contributed by atoms with Gasteiger partial charge < -0.3 is 27.1 Å². The number of aromatic nitrogens is 3. The summed E-state index contributed by atoms with van der Waals surface area (Å²) in [5.74, 6) is -2.30. The third kappa shape index (κ3) is 5.19. The number of β-lactam (4-membered cyclic amide) rings is 1. The Kier molecular flexibility index (Phi) is 7.84. The molecule has 4 rings (SSSR count). The molecule has 1 fully saturated rings. The average Bonchev–Trinajstić information content (AvgIpc) is 3.14. The number of thioether (sulfide) groups is 3. The first-order valence-corrected chi connectivity index (χ1v) is 14.0. The molecule has 0 saturated carbocycles. The summed E-state index contributed by atoms with van der Waals surface area (Å²) in [5, 5.41) is 25.1. The Morgan fingerprint density at radius 1 is 1.33 bits per heavy atom. The number of halogens is 1. The standard InChI is InChI=1S/C18H17ClN8O5S4/c1-5-2-7(23-17(20)22-5)35-4-34-6-3-33-15-10(14(29)27(15)11(6)16(30)31)24-13(28)9(26-32)8-12(19)36-18(21)25-8/h2,10,15,32H,3-4H2,1H3,(H2,21,25)(H,24,28)(H,30,31)(H2,20,22,23)/b26-9-. The lowest BCUT2D eigenvalue weighted by atomic mass is 10.0. The van der Waals surface area contributed by atoms with E-state index in [2.05, 4.69) is 25.4 Å². The fourth-order valence-electron chi connectivity index (χ4n) is 3.37. The first-order chi connectivity index (χ1) is 17.1. The number of anilines is 2. The van der Waals surface area contributed by atoms with Crippen molar-refractivity contribution in [2.45, 2.75) is 23.4 Å². The summed E-state index contributed by atoms with van der Waals surface area (Å²) in [6, 6.07) is 0.736. The fraction of sp³-hybridized carbons (Fsp3) is 0.278. The van der Waals surface area contributed by atoms with Crippen LogP contribution in [0.5, 0.6) is 0 Å². The van der Waals surface area contributed by atoms with Gasteiger partial charge in [-0.1, -0.05) is 39.9 Å². The molecule has 2 amide bonds. The van der Waals surface area contributed by atoms with Gasteiger partial charge >= 0.3 is 5.97 Å². The summed E-state index contributed by atoms with van der Waals surface area (Å²) in [6.07, 6.45) is 0. The van der Waals surface area contributed by atoms with Gasteiger partial charge in [-0.3, -0.25) is 14.5 Å². The minimum Gasteiger partial charge on any atom is -0.477 e. The van der Waals surface area contributed by atoms with Crippen molar-refractivity contribution in [2.75, 3.05) is 22.3 Å². The van der Waals surface area contributed by atoms with Gasteiger partial charge in [0.25, 0.3) is 11.8 Å². The number of thiazole rings is 1. The van der Waals surface area contributed by atoms with Crippen LogP contribution in [0.4, 0.5) is 11.1 Å². The van der Waals surface area contributed by atoms with Crippen LogP contribution >= 0.6 is 58.2 Å². The lowest BCUT2D eigenvalue weighted by Gasteiger charge is -2.49. The Labute approximate surface area is 225 Å². The molecular weight excluding hydrogens is 572 g/mol. The highest BCUT2D eigenvalue weighted by Gasteiger charge is 2.54. The van der Waals surface area contributed by atoms with Crippen LogP contribution in [-0.2, 0) is 14.4 Å². The van der Waals surface area contributed by atoms with E-state index in [1.807, 2.05) is 0 Å². The van der Waals surface area contributed by atoms with Crippen molar-refractivity contribution in [3.8, 4) is 0 Å². The number of carbonyl (C=O) groups excluding carboxylic acids is 2. The number of amides is 2. The Balaban J connectivity index is 1.45. The van der Waals surface area contributed by atoms with Crippen molar-refractivity contribution in [3.63, 3.8) is 0 Å². The van der Waals surface area contributed by atoms with Crippen LogP contribution < -0.4 is 16.8 Å². The zero-order valence-corrected chi connectivity index (χ0v) is 22.2. The monoisotopic (exact) mass is 588 g/mol. The Bertz CT molecular complexity index is 1300. The van der Waals surface area contributed by atoms with Crippen LogP contribution in [0, 0.1) is 6.92 Å². The molecule has 0 aromatic carbocycles. The van der Waals surface area contributed by atoms with Crippen LogP contribution in [0.15, 0.2) is 26.9 Å². The molecule has 190 valence electrons. The van der Waals surface area contributed by atoms with Crippen molar-refractivity contribution in [1.82, 2.24) is 25.2 Å². The molecule has 13 nitrogen and oxygen atoms in total. The minimum absolute atomic E-state index is 0.0412. The SMILES string of the molecule is Cc1cc(SCSC2=C(C(=O)O)N3C(=O)C(NC(=O)/C(=N\O)c4nc(N)sc4Cl)C3SC2)nc(N)n1. The van der Waals surface area contributed by atoms with Gasteiger partial charge in [-0.2, -0.15) is 0 Å². The van der Waals surface area contributed by atoms with Gasteiger partial charge in [-0.15, -0.1) is 23.5 Å². The zero-order chi connectivity index (χ0) is 26.1. The van der Waals surface area contributed by atoms with Crippen molar-refractivity contribution in [2.24, 2.45) is 5.16 Å². The quantitative estimate of drug-likeness (QED) is 0.0562. The molecule has 0 radical (unpaired) electrons. The second kappa shape index (κ2) is 10.7. The van der Waals surface area contributed by atoms with E-state index >= 15 is 0 Å². The molecule has 2 aromatic rings. The normalized spacial score (nSPS) is 19.7. The molecule has 4 heterocycles. The number of nitrogens with zero attached hydrogens (tertiary/aromatic N) is 5. The van der Waals surface area contributed by atoms with Gasteiger partial charge in [0.2, 0.25) is 5.95 Å². The van der Waals surface area contributed by atoms with E-state index in [4.69, 9.17) is 23.1 Å². The Hall–Kier alpha value is -2.73. The van der Waals surface area contributed by atoms with Crippen molar-refractivity contribution < 1.29 is 24.7 Å². The molecule has 0 spiro atoms. The highest BCUT2D eigenvalue weighted by Crippen LogP contribution is 2.44. The van der Waals surface area contributed by atoms with E-state index in [9.17, 15) is 24.7 Å². The van der Waals surface area contributed by atoms with Gasteiger partial charge in [0.1, 0.15) is 32.2 Å². The van der Waals surface area contributed by atoms with Gasteiger partial charge in [0.05, 0.1) is 0 Å². The highest BCUT2D eigenvalue weighted by molar-refractivity contribution is 8.18. The number of fused-ring (bicyclic) bond motifs is 1. The van der Waals surface area contributed by atoms with Crippen molar-refractivity contribution in [1.29, 1.82) is 0 Å². The second-order valence-electron chi connectivity index (χ2n) is 7.17. The molecule has 2 unspecified atom stereocenters. The highest BCUT2D eigenvalue weighted by atomic mass is 35.5. The van der Waals surface area contributed by atoms with Gasteiger partial charge in [-0.25, -0.2) is 19.7 Å². The van der Waals surface area contributed by atoms with Gasteiger partial charge in [0.15, 0.2) is 10.8 Å². The minimum atomic E-state index is -1.25. The lowest BCUT2D eigenvalue weighted by Crippen LogP contribution is -2.71. The topological polar surface area (TPSA) is 210 Å². The van der Waals surface area contributed by atoms with Crippen LogP contribution in [0.2, 0.25) is 4.34 Å². The zero-order valence-electron chi connectivity index (χ0n) is 18.2. The summed E-state index contributed by atoms with van der Waals surface area (Å²) in [7, 11) is 0. The first-order valence-electron chi connectivity index (χ1n) is 9.83. The predicted molar refractivity (Wildman–Crippen MR) is 139 cm³/mol. The van der Waals surface area contributed by atoms with E-state index in [0.717, 1.165) is 16.2 Å². The van der Waals surface area contributed by atoms with E-state index in [1.165, 1.54) is 35.3 Å². The van der Waals surface area contributed by atoms with Crippen LogP contribution in [-0.4, -0.2) is 75.9 Å². The predicted octanol–water partition coefficient (Wildman–Crippen LogP) is 1.42. The van der Waals surface area contributed by atoms with Crippen molar-refractivity contribution in [3.05, 3.63) is 32.4 Å². The largest absolute Gasteiger partial charge is 0.477 e. The van der Waals surface area contributed by atoms with E-state index < -0.39 is 34.9 Å². The Morgan fingerprint density at radius 3 is 2.69 bits per heavy atom. The van der Waals surface area contributed by atoms with E-state index in [-0.39, 0.29) is 26.8 Å². The number of carboxylic acid groups (broad SMARTS) is 1. The number of rotatable bonds is 8. The number of nitrogen functional groups attached to an aromatic ring is 2. The molecular formula is C18H17ClN8O5S4. The number of hydrogen-bond donors (Lipinski definition) is 5. The maximum Gasteiger partial charge on any atom is 0.353 e. The van der Waals surface area contributed by atoms with Crippen LogP contribution in [0.25, 0.3) is 0 Å². The molecule has 1 saturated heterocycles. The summed E-state index contributed by atoms with van der Waals surface area (Å²) < 4.78 is 0.0412. The number of nitrogens with one attached hydrogen (secondary N) is 1. The van der Waals surface area contributed by atoms with E-state index in [1.54, 1.807) is 13.0 Å². The number of carbonyl (C=O) groups is 3. The molecule has 36 heavy (non-hydrogen) atoms. The first kappa shape index (κ1) is 26.3. The van der Waals surface area contributed by atoms with Gasteiger partial charge in [0, 0.05) is 21.4 Å². The summed E-state index contributed by atoms with van der Waals surface area (Å²) in [6.45, 7) is 1.79. The molecule has 2 atom stereocenters. The average molecular weight is 589 g/mol. The number of oxime groups is 1. The number of aryl methyl sites for hydroxylation is 1. The second-order valence-corrected chi connectivity index (χ2v) is 12.3. The summed E-state index contributed by atoms with van der Waals surface area (Å²) in [4.78, 5) is 51.3. The maximum atomic E-state index is 12.9. The van der Waals surface area contributed by atoms with Gasteiger partial charge in [-0.05, 0) is 13.0 Å². The number of hydrogen-bond acceptors (Lipinski definition) is 14. The summed E-state index contributed by atoms with van der Waals surface area (Å²) in [5.41, 5.74) is 11.2. The molecule has 2 aliphatic rings. The molecule has 0 aliphatic carbocycles. The van der Waals surface area contributed by atoms with Crippen LogP contribution in [0.1, 0.15) is 11.4 Å². The number of carboxylic acids is 1. The fourth-order valence-corrected chi connectivity index (χ4v) is 8.05. The number of nitrogens with two attached hydrogens (primary N) is 2. The number of aliphatic carboxylic acids is 1. The van der Waals surface area contributed by atoms with E-state index in [0.29, 0.717) is 26.5 Å². The third-order valence-electron chi connectivity index (χ3n) is 4.85. The van der Waals surface area contributed by atoms with Crippen LogP contribution in [0.3, 0.4) is 0 Å². The van der Waals surface area contributed by atoms with Crippen molar-refractivity contribution >= 4 is 92.8 Å². The molecule has 0 bridgehead atoms. The molecule has 2 aliphatic heterocycles. The smallest absolute Gasteiger partial charge is 0.353 e. The Morgan fingerprint density at radius 2 is 2.08 bits per heavy atom. The molecule has 2 aromatic heterocycles. The summed E-state index contributed by atoms with van der Waals surface area (Å²) >= 11 is 10.8.